The lowest BCUT2D eigenvalue weighted by atomic mass is 9.80. The van der Waals surface area contributed by atoms with Gasteiger partial charge in [0.2, 0.25) is 0 Å². The number of hydrogen-bond acceptors (Lipinski definition) is 7. The Morgan fingerprint density at radius 1 is 1.32 bits per heavy atom. The lowest BCUT2D eigenvalue weighted by Crippen LogP contribution is -2.51. The summed E-state index contributed by atoms with van der Waals surface area (Å²) in [5.41, 5.74) is -2.65. The molecular formula is C18H27NO6. The molecule has 0 bridgehead atoms. The average molecular weight is 353 g/mol. The van der Waals surface area contributed by atoms with Crippen LogP contribution >= 0.6 is 0 Å². The molecule has 25 heavy (non-hydrogen) atoms. The molecule has 3 aliphatic heterocycles. The largest absolute Gasteiger partial charge is 0.459 e. The molecule has 3 aliphatic rings. The second-order valence-electron chi connectivity index (χ2n) is 7.67. The van der Waals surface area contributed by atoms with Crippen LogP contribution in [0.5, 0.6) is 0 Å². The van der Waals surface area contributed by atoms with Gasteiger partial charge in [-0.05, 0) is 37.7 Å². The highest BCUT2D eigenvalue weighted by molar-refractivity contribution is 5.81. The maximum Gasteiger partial charge on any atom is 0.338 e. The zero-order valence-corrected chi connectivity index (χ0v) is 15.0. The third-order valence-electron chi connectivity index (χ3n) is 6.02. The lowest BCUT2D eigenvalue weighted by molar-refractivity contribution is -0.183. The first-order valence-corrected chi connectivity index (χ1v) is 8.95. The molecule has 0 radical (unpaired) electrons. The third kappa shape index (κ3) is 3.09. The number of nitrogens with zero attached hydrogens (tertiary/aromatic N) is 1. The van der Waals surface area contributed by atoms with Gasteiger partial charge in [-0.2, -0.15) is 0 Å². The summed E-state index contributed by atoms with van der Waals surface area (Å²) in [4.78, 5) is 27.3. The van der Waals surface area contributed by atoms with Crippen molar-refractivity contribution in [1.29, 1.82) is 0 Å². The summed E-state index contributed by atoms with van der Waals surface area (Å²) in [6.07, 6.45) is 2.38. The molecule has 0 saturated carbocycles. The zero-order chi connectivity index (χ0) is 18.4. The van der Waals surface area contributed by atoms with Crippen molar-refractivity contribution in [2.45, 2.75) is 63.4 Å². The molecule has 0 unspecified atom stereocenters. The quantitative estimate of drug-likeness (QED) is 0.520. The van der Waals surface area contributed by atoms with Crippen molar-refractivity contribution in [3.05, 3.63) is 11.6 Å². The van der Waals surface area contributed by atoms with Crippen LogP contribution in [0, 0.1) is 5.92 Å². The smallest absolute Gasteiger partial charge is 0.338 e. The number of carbonyl (C=O) groups is 2. The number of ether oxygens (including phenoxy) is 2. The molecule has 7 heteroatoms. The predicted molar refractivity (Wildman–Crippen MR) is 88.5 cm³/mol. The van der Waals surface area contributed by atoms with E-state index in [9.17, 15) is 19.8 Å². The van der Waals surface area contributed by atoms with E-state index in [1.807, 2.05) is 6.08 Å². The third-order valence-corrected chi connectivity index (χ3v) is 6.02. The van der Waals surface area contributed by atoms with Crippen LogP contribution in [-0.4, -0.2) is 70.1 Å². The fourth-order valence-corrected chi connectivity index (χ4v) is 3.95. The van der Waals surface area contributed by atoms with Gasteiger partial charge in [-0.3, -0.25) is 4.90 Å². The van der Waals surface area contributed by atoms with Crippen LogP contribution in [0.15, 0.2) is 11.6 Å². The number of aliphatic hydroxyl groups is 2. The maximum atomic E-state index is 12.7. The van der Waals surface area contributed by atoms with Crippen LogP contribution in [0.1, 0.15) is 40.0 Å². The maximum absolute atomic E-state index is 12.7. The molecule has 2 fully saturated rings. The summed E-state index contributed by atoms with van der Waals surface area (Å²) in [5, 5.41) is 21.4. The molecule has 0 aromatic heterocycles. The Morgan fingerprint density at radius 3 is 2.72 bits per heavy atom. The number of hydrogen-bond donors (Lipinski definition) is 2. The van der Waals surface area contributed by atoms with Crippen molar-refractivity contribution in [2.75, 3.05) is 19.7 Å². The van der Waals surface area contributed by atoms with E-state index in [0.717, 1.165) is 18.7 Å². The molecule has 0 aromatic rings. The van der Waals surface area contributed by atoms with Crippen molar-refractivity contribution in [1.82, 2.24) is 4.90 Å². The Kier molecular flexibility index (Phi) is 4.68. The summed E-state index contributed by atoms with van der Waals surface area (Å²) >= 11 is 0. The second kappa shape index (κ2) is 6.37. The summed E-state index contributed by atoms with van der Waals surface area (Å²) < 4.78 is 11.0. The zero-order valence-electron chi connectivity index (χ0n) is 15.0. The van der Waals surface area contributed by atoms with Gasteiger partial charge in [0, 0.05) is 13.1 Å². The van der Waals surface area contributed by atoms with Gasteiger partial charge < -0.3 is 19.7 Å². The van der Waals surface area contributed by atoms with Crippen LogP contribution in [0.25, 0.3) is 0 Å². The molecule has 140 valence electrons. The van der Waals surface area contributed by atoms with Crippen molar-refractivity contribution in [2.24, 2.45) is 5.92 Å². The van der Waals surface area contributed by atoms with Gasteiger partial charge >= 0.3 is 11.9 Å². The van der Waals surface area contributed by atoms with Crippen LogP contribution in [0.2, 0.25) is 0 Å². The van der Waals surface area contributed by atoms with E-state index in [-0.39, 0.29) is 31.6 Å². The molecule has 0 spiro atoms. The van der Waals surface area contributed by atoms with Gasteiger partial charge in [-0.1, -0.05) is 19.9 Å². The molecule has 0 aromatic carbocycles. The molecular weight excluding hydrogens is 326 g/mol. The first-order chi connectivity index (χ1) is 11.7. The molecule has 3 rings (SSSR count). The highest BCUT2D eigenvalue weighted by atomic mass is 16.6. The van der Waals surface area contributed by atoms with E-state index in [4.69, 9.17) is 9.47 Å². The Labute approximate surface area is 147 Å². The van der Waals surface area contributed by atoms with E-state index in [1.54, 1.807) is 13.8 Å². The number of rotatable bonds is 1. The topological polar surface area (TPSA) is 96.3 Å². The number of carbonyl (C=O) groups excluding carboxylic acids is 2. The first kappa shape index (κ1) is 18.4. The molecule has 7 nitrogen and oxygen atoms in total. The SMILES string of the molecule is CC[C@]1(O)C[C@@H](C)[C@](C)(O)C(=O)OCC2=CCN3CC[C@@H](OC1=O)[C@@H]23. The highest BCUT2D eigenvalue weighted by Crippen LogP contribution is 2.36. The van der Waals surface area contributed by atoms with E-state index in [0.29, 0.717) is 6.42 Å². The minimum atomic E-state index is -1.80. The summed E-state index contributed by atoms with van der Waals surface area (Å²) in [7, 11) is 0. The minimum absolute atomic E-state index is 0.0752. The van der Waals surface area contributed by atoms with Crippen LogP contribution in [-0.2, 0) is 19.1 Å². The Hall–Kier alpha value is -1.44. The van der Waals surface area contributed by atoms with Crippen molar-refractivity contribution >= 4 is 11.9 Å². The van der Waals surface area contributed by atoms with Crippen molar-refractivity contribution < 1.29 is 29.3 Å². The van der Waals surface area contributed by atoms with Gasteiger partial charge in [0.1, 0.15) is 12.7 Å². The van der Waals surface area contributed by atoms with Gasteiger partial charge in [0.25, 0.3) is 0 Å². The monoisotopic (exact) mass is 353 g/mol. The van der Waals surface area contributed by atoms with E-state index in [2.05, 4.69) is 4.90 Å². The second-order valence-corrected chi connectivity index (χ2v) is 7.67. The standard InChI is InChI=1S/C18H27NO6/c1-4-18(23)9-11(2)17(3,22)15(20)24-10-12-5-7-19-8-6-13(14(12)19)25-16(18)21/h5,11,13-14,22-23H,4,6-10H2,1-3H3/t11-,13-,14-,17+,18+/m1/s1. The molecule has 0 amide bonds. The average Bonchev–Trinajstić information content (AvgIpc) is 3.14. The molecule has 3 heterocycles. The summed E-state index contributed by atoms with van der Waals surface area (Å²) in [6, 6.07) is -0.125. The fourth-order valence-electron chi connectivity index (χ4n) is 3.95. The summed E-state index contributed by atoms with van der Waals surface area (Å²) in [5.74, 6) is -2.09. The first-order valence-electron chi connectivity index (χ1n) is 8.95. The van der Waals surface area contributed by atoms with Gasteiger partial charge in [-0.25, -0.2) is 9.59 Å². The molecule has 2 N–H and O–H groups in total. The van der Waals surface area contributed by atoms with Crippen molar-refractivity contribution in [3.8, 4) is 0 Å². The Bertz CT molecular complexity index is 600. The minimum Gasteiger partial charge on any atom is -0.459 e. The highest BCUT2D eigenvalue weighted by Gasteiger charge is 2.49. The van der Waals surface area contributed by atoms with Crippen LogP contribution < -0.4 is 0 Å². The molecule has 5 atom stereocenters. The number of cyclic esters (lactones) is 1. The predicted octanol–water partition coefficient (Wildman–Crippen LogP) is 0.388. The number of esters is 2. The van der Waals surface area contributed by atoms with E-state index >= 15 is 0 Å². The van der Waals surface area contributed by atoms with E-state index < -0.39 is 29.1 Å². The molecule has 0 aliphatic carbocycles. The van der Waals surface area contributed by atoms with Gasteiger partial charge in [0.05, 0.1) is 6.04 Å². The Morgan fingerprint density at radius 2 is 2.04 bits per heavy atom. The fraction of sp³-hybridized carbons (Fsp3) is 0.778. The van der Waals surface area contributed by atoms with E-state index in [1.165, 1.54) is 6.92 Å². The lowest BCUT2D eigenvalue weighted by Gasteiger charge is -2.36. The van der Waals surface area contributed by atoms with Gasteiger partial charge in [0.15, 0.2) is 11.2 Å². The molecule has 2 saturated heterocycles. The van der Waals surface area contributed by atoms with Crippen LogP contribution in [0.4, 0.5) is 0 Å². The van der Waals surface area contributed by atoms with Crippen LogP contribution in [0.3, 0.4) is 0 Å². The Balaban J connectivity index is 1.93. The normalized spacial score (nSPS) is 42.8. The van der Waals surface area contributed by atoms with Gasteiger partial charge in [-0.15, -0.1) is 0 Å². The van der Waals surface area contributed by atoms with Crippen molar-refractivity contribution in [3.63, 3.8) is 0 Å². The summed E-state index contributed by atoms with van der Waals surface area (Å²) in [6.45, 7) is 6.26.